The number of rotatable bonds is 6. The van der Waals surface area contributed by atoms with Crippen LogP contribution in [0.4, 0.5) is 5.69 Å². The Bertz CT molecular complexity index is 583. The summed E-state index contributed by atoms with van der Waals surface area (Å²) in [6.45, 7) is -0.190. The second-order valence-electron chi connectivity index (χ2n) is 4.96. The Morgan fingerprint density at radius 1 is 1.43 bits per heavy atom. The average molecular weight is 334 g/mol. The monoisotopic (exact) mass is 333 g/mol. The van der Waals surface area contributed by atoms with Crippen LogP contribution in [0.2, 0.25) is 10.0 Å². The molecule has 0 bridgehead atoms. The Morgan fingerprint density at radius 2 is 1.95 bits per heavy atom. The number of non-ortho nitro benzene ring substituents is 1. The van der Waals surface area contributed by atoms with Gasteiger partial charge in [-0.05, 0) is 18.8 Å². The zero-order valence-corrected chi connectivity index (χ0v) is 12.4. The molecule has 1 atom stereocenters. The summed E-state index contributed by atoms with van der Waals surface area (Å²) in [6.07, 6.45) is 1.59. The molecule has 0 radical (unpaired) electrons. The maximum atomic E-state index is 11.5. The van der Waals surface area contributed by atoms with Gasteiger partial charge in [0.25, 0.3) is 5.69 Å². The minimum absolute atomic E-state index is 0.0307. The molecule has 0 aliphatic heterocycles. The van der Waals surface area contributed by atoms with Crippen molar-refractivity contribution >= 4 is 34.8 Å². The molecule has 0 spiro atoms. The third kappa shape index (κ3) is 3.20. The van der Waals surface area contributed by atoms with E-state index in [0.29, 0.717) is 0 Å². The number of nitrogens with two attached hydrogens (primary N) is 2. The minimum Gasteiger partial charge on any atom is -0.488 e. The van der Waals surface area contributed by atoms with Crippen LogP contribution in [0.25, 0.3) is 0 Å². The summed E-state index contributed by atoms with van der Waals surface area (Å²) in [5, 5.41) is 10.6. The molecule has 21 heavy (non-hydrogen) atoms. The van der Waals surface area contributed by atoms with E-state index in [1.54, 1.807) is 0 Å². The van der Waals surface area contributed by atoms with Crippen LogP contribution in [0.15, 0.2) is 12.1 Å². The van der Waals surface area contributed by atoms with Crippen LogP contribution >= 0.6 is 23.2 Å². The highest BCUT2D eigenvalue weighted by atomic mass is 35.5. The third-order valence-corrected chi connectivity index (χ3v) is 3.98. The lowest BCUT2D eigenvalue weighted by Gasteiger charge is -2.26. The van der Waals surface area contributed by atoms with Crippen LogP contribution in [0.1, 0.15) is 12.8 Å². The molecule has 0 aromatic heterocycles. The first kappa shape index (κ1) is 15.8. The van der Waals surface area contributed by atoms with Crippen molar-refractivity contribution in [3.05, 3.63) is 32.3 Å². The van der Waals surface area contributed by atoms with E-state index >= 15 is 0 Å². The van der Waals surface area contributed by atoms with Crippen LogP contribution in [-0.2, 0) is 4.79 Å². The Kier molecular flexibility index (Phi) is 4.27. The number of nitrogens with zero attached hydrogens (tertiary/aromatic N) is 1. The molecule has 1 unspecified atom stereocenters. The first-order valence-corrected chi connectivity index (χ1v) is 6.86. The van der Waals surface area contributed by atoms with Crippen molar-refractivity contribution < 1.29 is 14.5 Å². The Balaban J connectivity index is 2.20. The molecule has 7 nitrogen and oxygen atoms in total. The molecule has 1 amide bonds. The summed E-state index contributed by atoms with van der Waals surface area (Å²) in [6, 6.07) is 2.23. The molecule has 1 aliphatic rings. The molecule has 4 N–H and O–H groups in total. The first-order chi connectivity index (χ1) is 9.75. The number of carbonyl (C=O) groups is 1. The quantitative estimate of drug-likeness (QED) is 0.607. The highest BCUT2D eigenvalue weighted by Gasteiger charge is 2.47. The fourth-order valence-electron chi connectivity index (χ4n) is 1.97. The van der Waals surface area contributed by atoms with Gasteiger partial charge in [0.05, 0.1) is 15.0 Å². The molecule has 1 aliphatic carbocycles. The fraction of sp³-hybridized carbons (Fsp3) is 0.417. The van der Waals surface area contributed by atoms with E-state index in [1.807, 2.05) is 0 Å². The van der Waals surface area contributed by atoms with Gasteiger partial charge in [-0.2, -0.15) is 0 Å². The molecule has 1 saturated carbocycles. The maximum absolute atomic E-state index is 11.5. The standard InChI is InChI=1S/C12H13Cl2N3O4/c13-8-3-7(17(19)20)4-9(14)10(8)21-5-12(16,11(15)18)6-1-2-6/h3-4,6H,1-2,5,16H2,(H2,15,18). The normalized spacial score (nSPS) is 17.1. The Hall–Kier alpha value is -1.57. The molecule has 1 aromatic rings. The molecule has 0 saturated heterocycles. The number of benzene rings is 1. The second-order valence-corrected chi connectivity index (χ2v) is 5.78. The molecule has 114 valence electrons. The number of halogens is 2. The number of hydrogen-bond donors (Lipinski definition) is 2. The summed E-state index contributed by atoms with van der Waals surface area (Å²) in [5.74, 6) is -0.662. The Morgan fingerprint density at radius 3 is 2.33 bits per heavy atom. The molecular weight excluding hydrogens is 321 g/mol. The van der Waals surface area contributed by atoms with Crippen molar-refractivity contribution in [3.8, 4) is 5.75 Å². The third-order valence-electron chi connectivity index (χ3n) is 3.41. The van der Waals surface area contributed by atoms with Gasteiger partial charge in [-0.3, -0.25) is 14.9 Å². The zero-order chi connectivity index (χ0) is 15.8. The number of hydrogen-bond acceptors (Lipinski definition) is 5. The van der Waals surface area contributed by atoms with Crippen LogP contribution in [-0.4, -0.2) is 23.0 Å². The van der Waals surface area contributed by atoms with Gasteiger partial charge in [0, 0.05) is 12.1 Å². The van der Waals surface area contributed by atoms with Crippen molar-refractivity contribution in [1.29, 1.82) is 0 Å². The lowest BCUT2D eigenvalue weighted by molar-refractivity contribution is -0.384. The van der Waals surface area contributed by atoms with Crippen molar-refractivity contribution in [2.75, 3.05) is 6.61 Å². The number of primary amides is 1. The number of ether oxygens (including phenoxy) is 1. The molecule has 1 aromatic carbocycles. The van der Waals surface area contributed by atoms with Gasteiger partial charge in [-0.25, -0.2) is 0 Å². The molecular formula is C12H13Cl2N3O4. The predicted octanol–water partition coefficient (Wildman–Crippen LogP) is 1.87. The summed E-state index contributed by atoms with van der Waals surface area (Å²) in [7, 11) is 0. The topological polar surface area (TPSA) is 121 Å². The summed E-state index contributed by atoms with van der Waals surface area (Å²) < 4.78 is 5.42. The highest BCUT2D eigenvalue weighted by molar-refractivity contribution is 6.37. The van der Waals surface area contributed by atoms with Crippen molar-refractivity contribution in [2.45, 2.75) is 18.4 Å². The van der Waals surface area contributed by atoms with Crippen LogP contribution < -0.4 is 16.2 Å². The van der Waals surface area contributed by atoms with Gasteiger partial charge in [0.15, 0.2) is 5.75 Å². The van der Waals surface area contributed by atoms with Crippen LogP contribution in [0.5, 0.6) is 5.75 Å². The second kappa shape index (κ2) is 5.67. The van der Waals surface area contributed by atoms with Crippen LogP contribution in [0.3, 0.4) is 0 Å². The smallest absolute Gasteiger partial charge is 0.272 e. The minimum atomic E-state index is -1.30. The maximum Gasteiger partial charge on any atom is 0.272 e. The largest absolute Gasteiger partial charge is 0.488 e. The number of nitro benzene ring substituents is 1. The zero-order valence-electron chi connectivity index (χ0n) is 10.8. The van der Waals surface area contributed by atoms with Crippen molar-refractivity contribution in [2.24, 2.45) is 17.4 Å². The molecule has 0 heterocycles. The molecule has 1 fully saturated rings. The molecule has 2 rings (SSSR count). The highest BCUT2D eigenvalue weighted by Crippen LogP contribution is 2.41. The van der Waals surface area contributed by atoms with E-state index in [4.69, 9.17) is 39.4 Å². The van der Waals surface area contributed by atoms with Gasteiger partial charge >= 0.3 is 0 Å². The van der Waals surface area contributed by atoms with E-state index in [0.717, 1.165) is 25.0 Å². The van der Waals surface area contributed by atoms with Gasteiger partial charge in [-0.15, -0.1) is 0 Å². The summed E-state index contributed by atoms with van der Waals surface area (Å²) in [4.78, 5) is 21.6. The molecule has 9 heteroatoms. The summed E-state index contributed by atoms with van der Waals surface area (Å²) in [5.41, 5.74) is 9.74. The summed E-state index contributed by atoms with van der Waals surface area (Å²) >= 11 is 11.8. The fourth-order valence-corrected chi connectivity index (χ4v) is 2.55. The number of carbonyl (C=O) groups excluding carboxylic acids is 1. The average Bonchev–Trinajstić information content (AvgIpc) is 3.21. The van der Waals surface area contributed by atoms with Gasteiger partial charge in [0.1, 0.15) is 12.1 Å². The van der Waals surface area contributed by atoms with E-state index in [2.05, 4.69) is 0 Å². The van der Waals surface area contributed by atoms with Gasteiger partial charge in [-0.1, -0.05) is 23.2 Å². The van der Waals surface area contributed by atoms with Gasteiger partial charge < -0.3 is 16.2 Å². The Labute approximate surface area is 130 Å². The van der Waals surface area contributed by atoms with Gasteiger partial charge in [0.2, 0.25) is 5.91 Å². The van der Waals surface area contributed by atoms with E-state index in [9.17, 15) is 14.9 Å². The van der Waals surface area contributed by atoms with Crippen molar-refractivity contribution in [3.63, 3.8) is 0 Å². The lowest BCUT2D eigenvalue weighted by Crippen LogP contribution is -2.58. The van der Waals surface area contributed by atoms with Crippen molar-refractivity contribution in [1.82, 2.24) is 0 Å². The van der Waals surface area contributed by atoms with E-state index in [-0.39, 0.29) is 34.0 Å². The van der Waals surface area contributed by atoms with E-state index in [1.165, 1.54) is 0 Å². The number of amides is 1. The SMILES string of the molecule is NC(=O)C(N)(COc1c(Cl)cc([N+](=O)[O-])cc1Cl)C1CC1. The van der Waals surface area contributed by atoms with E-state index < -0.39 is 16.4 Å². The lowest BCUT2D eigenvalue weighted by atomic mass is 9.95. The number of nitro groups is 1. The van der Waals surface area contributed by atoms with Crippen LogP contribution in [0, 0.1) is 16.0 Å². The predicted molar refractivity (Wildman–Crippen MR) is 77.4 cm³/mol. The first-order valence-electron chi connectivity index (χ1n) is 6.10.